The number of rotatable bonds is 6. The van der Waals surface area contributed by atoms with Crippen LogP contribution < -0.4 is 15.4 Å². The fourth-order valence-electron chi connectivity index (χ4n) is 2.57. The van der Waals surface area contributed by atoms with Crippen LogP contribution in [0.1, 0.15) is 47.1 Å². The van der Waals surface area contributed by atoms with E-state index in [1.807, 2.05) is 43.3 Å². The summed E-state index contributed by atoms with van der Waals surface area (Å²) in [4.78, 5) is 25.5. The predicted octanol–water partition coefficient (Wildman–Crippen LogP) is 4.99. The lowest BCUT2D eigenvalue weighted by Gasteiger charge is -2.24. The molecule has 0 fully saturated rings. The van der Waals surface area contributed by atoms with E-state index in [1.54, 1.807) is 26.0 Å². The smallest absolute Gasteiger partial charge is 0.239 e. The van der Waals surface area contributed by atoms with E-state index < -0.39 is 11.3 Å². The zero-order valence-corrected chi connectivity index (χ0v) is 17.6. The average molecular weight is 383 g/mol. The number of anilines is 2. The number of hydrogen-bond acceptors (Lipinski definition) is 3. The van der Waals surface area contributed by atoms with Crippen molar-refractivity contribution in [1.29, 1.82) is 0 Å². The van der Waals surface area contributed by atoms with Crippen molar-refractivity contribution in [2.45, 2.75) is 47.0 Å². The minimum absolute atomic E-state index is 0.0373. The largest absolute Gasteiger partial charge is 0.492 e. The highest BCUT2D eigenvalue weighted by atomic mass is 16.5. The standard InChI is InChI=1S/C23H30N2O3/c1-7-28-19-11-9-8-10-18(19)25-21(27)23(5,6)20(26)24-17-14-12-16(13-15-17)22(2,3)4/h8-15H,7H2,1-6H3,(H,24,26)(H,25,27). The van der Waals surface area contributed by atoms with Crippen LogP contribution in [0, 0.1) is 5.41 Å². The Morgan fingerprint density at radius 3 is 2.00 bits per heavy atom. The molecule has 0 bridgehead atoms. The van der Waals surface area contributed by atoms with Gasteiger partial charge in [0.15, 0.2) is 0 Å². The molecule has 0 heterocycles. The molecule has 0 atom stereocenters. The third kappa shape index (κ3) is 5.12. The third-order valence-electron chi connectivity index (χ3n) is 4.58. The highest BCUT2D eigenvalue weighted by Crippen LogP contribution is 2.28. The van der Waals surface area contributed by atoms with Gasteiger partial charge in [-0.3, -0.25) is 9.59 Å². The quantitative estimate of drug-likeness (QED) is 0.692. The summed E-state index contributed by atoms with van der Waals surface area (Å²) in [6.07, 6.45) is 0. The van der Waals surface area contributed by atoms with Crippen LogP contribution in [0.15, 0.2) is 48.5 Å². The second-order valence-electron chi connectivity index (χ2n) is 8.29. The van der Waals surface area contributed by atoms with E-state index in [-0.39, 0.29) is 11.3 Å². The molecule has 0 unspecified atom stereocenters. The average Bonchev–Trinajstić information content (AvgIpc) is 2.63. The van der Waals surface area contributed by atoms with Crippen molar-refractivity contribution in [2.24, 2.45) is 5.41 Å². The maximum Gasteiger partial charge on any atom is 0.239 e. The Bertz CT molecular complexity index is 834. The molecule has 2 amide bonds. The Labute approximate surface area is 167 Å². The van der Waals surface area contributed by atoms with Crippen molar-refractivity contribution in [1.82, 2.24) is 0 Å². The molecule has 5 heteroatoms. The van der Waals surface area contributed by atoms with E-state index in [4.69, 9.17) is 4.74 Å². The summed E-state index contributed by atoms with van der Waals surface area (Å²) in [7, 11) is 0. The van der Waals surface area contributed by atoms with Gasteiger partial charge in [0, 0.05) is 5.69 Å². The molecule has 0 aliphatic rings. The van der Waals surface area contributed by atoms with Crippen LogP contribution in [0.5, 0.6) is 5.75 Å². The van der Waals surface area contributed by atoms with Gasteiger partial charge in [-0.05, 0) is 56.0 Å². The summed E-state index contributed by atoms with van der Waals surface area (Å²) in [5, 5.41) is 5.64. The summed E-state index contributed by atoms with van der Waals surface area (Å²) < 4.78 is 5.53. The molecular formula is C23H30N2O3. The topological polar surface area (TPSA) is 67.4 Å². The minimum atomic E-state index is -1.26. The molecule has 5 nitrogen and oxygen atoms in total. The van der Waals surface area contributed by atoms with Gasteiger partial charge in [0.05, 0.1) is 12.3 Å². The number of nitrogens with one attached hydrogen (secondary N) is 2. The first-order chi connectivity index (χ1) is 13.1. The Balaban J connectivity index is 2.10. The number of carbonyl (C=O) groups excluding carboxylic acids is 2. The zero-order chi connectivity index (χ0) is 20.9. The molecule has 0 saturated carbocycles. The molecule has 2 rings (SSSR count). The number of amides is 2. The lowest BCUT2D eigenvalue weighted by molar-refractivity contribution is -0.135. The normalized spacial score (nSPS) is 11.6. The molecule has 0 aliphatic carbocycles. The fraction of sp³-hybridized carbons (Fsp3) is 0.391. The van der Waals surface area contributed by atoms with Crippen LogP contribution in [0.4, 0.5) is 11.4 Å². The highest BCUT2D eigenvalue weighted by molar-refractivity contribution is 6.14. The van der Waals surface area contributed by atoms with Gasteiger partial charge in [0.2, 0.25) is 11.8 Å². The van der Waals surface area contributed by atoms with Crippen LogP contribution in [0.25, 0.3) is 0 Å². The Morgan fingerprint density at radius 2 is 1.43 bits per heavy atom. The zero-order valence-electron chi connectivity index (χ0n) is 17.6. The number of para-hydroxylation sites is 2. The number of hydrogen-bond donors (Lipinski definition) is 2. The fourth-order valence-corrected chi connectivity index (χ4v) is 2.57. The molecule has 150 valence electrons. The minimum Gasteiger partial charge on any atom is -0.492 e. The second kappa shape index (κ2) is 8.46. The number of benzene rings is 2. The summed E-state index contributed by atoms with van der Waals surface area (Å²) in [6, 6.07) is 14.9. The Kier molecular flexibility index (Phi) is 6.49. The van der Waals surface area contributed by atoms with Crippen LogP contribution in [-0.2, 0) is 15.0 Å². The van der Waals surface area contributed by atoms with E-state index in [9.17, 15) is 9.59 Å². The van der Waals surface area contributed by atoms with Crippen molar-refractivity contribution >= 4 is 23.2 Å². The summed E-state index contributed by atoms with van der Waals surface area (Å²) >= 11 is 0. The van der Waals surface area contributed by atoms with Crippen LogP contribution >= 0.6 is 0 Å². The van der Waals surface area contributed by atoms with Gasteiger partial charge in [0.1, 0.15) is 11.2 Å². The molecule has 0 spiro atoms. The molecule has 2 aromatic carbocycles. The molecule has 28 heavy (non-hydrogen) atoms. The van der Waals surface area contributed by atoms with Crippen molar-refractivity contribution in [3.63, 3.8) is 0 Å². The summed E-state index contributed by atoms with van der Waals surface area (Å²) in [5.41, 5.74) is 1.16. The van der Waals surface area contributed by atoms with Gasteiger partial charge in [-0.15, -0.1) is 0 Å². The summed E-state index contributed by atoms with van der Waals surface area (Å²) in [5.74, 6) is -0.196. The van der Waals surface area contributed by atoms with Gasteiger partial charge in [-0.25, -0.2) is 0 Å². The first-order valence-corrected chi connectivity index (χ1v) is 9.51. The molecule has 0 saturated heterocycles. The van der Waals surface area contributed by atoms with Gasteiger partial charge >= 0.3 is 0 Å². The van der Waals surface area contributed by atoms with E-state index in [2.05, 4.69) is 31.4 Å². The van der Waals surface area contributed by atoms with Gasteiger partial charge in [-0.1, -0.05) is 45.0 Å². The van der Waals surface area contributed by atoms with E-state index in [0.717, 1.165) is 0 Å². The Hall–Kier alpha value is -2.82. The molecule has 2 aromatic rings. The molecule has 2 N–H and O–H groups in total. The summed E-state index contributed by atoms with van der Waals surface area (Å²) in [6.45, 7) is 12.0. The van der Waals surface area contributed by atoms with Crippen LogP contribution in [0.2, 0.25) is 0 Å². The van der Waals surface area contributed by atoms with Gasteiger partial charge in [0.25, 0.3) is 0 Å². The monoisotopic (exact) mass is 382 g/mol. The third-order valence-corrected chi connectivity index (χ3v) is 4.58. The molecular weight excluding hydrogens is 352 g/mol. The van der Waals surface area contributed by atoms with Crippen molar-refractivity contribution in [3.8, 4) is 5.75 Å². The molecule has 0 aromatic heterocycles. The van der Waals surface area contributed by atoms with Crippen LogP contribution in [-0.4, -0.2) is 18.4 Å². The first-order valence-electron chi connectivity index (χ1n) is 9.51. The van der Waals surface area contributed by atoms with Crippen molar-refractivity contribution < 1.29 is 14.3 Å². The van der Waals surface area contributed by atoms with Gasteiger partial charge < -0.3 is 15.4 Å². The maximum absolute atomic E-state index is 12.8. The van der Waals surface area contributed by atoms with Crippen molar-refractivity contribution in [3.05, 3.63) is 54.1 Å². The highest BCUT2D eigenvalue weighted by Gasteiger charge is 2.36. The Morgan fingerprint density at radius 1 is 0.857 bits per heavy atom. The second-order valence-corrected chi connectivity index (χ2v) is 8.29. The first kappa shape index (κ1) is 21.5. The van der Waals surface area contributed by atoms with Gasteiger partial charge in [-0.2, -0.15) is 0 Å². The lowest BCUT2D eigenvalue weighted by atomic mass is 9.87. The van der Waals surface area contributed by atoms with Crippen LogP contribution in [0.3, 0.4) is 0 Å². The number of ether oxygens (including phenoxy) is 1. The lowest BCUT2D eigenvalue weighted by Crippen LogP contribution is -2.41. The maximum atomic E-state index is 12.8. The van der Waals surface area contributed by atoms with E-state index in [0.29, 0.717) is 23.7 Å². The van der Waals surface area contributed by atoms with E-state index in [1.165, 1.54) is 5.56 Å². The predicted molar refractivity (Wildman–Crippen MR) is 114 cm³/mol. The molecule has 0 aliphatic heterocycles. The van der Waals surface area contributed by atoms with E-state index >= 15 is 0 Å². The molecule has 0 radical (unpaired) electrons. The van der Waals surface area contributed by atoms with Crippen molar-refractivity contribution in [2.75, 3.05) is 17.2 Å². The SMILES string of the molecule is CCOc1ccccc1NC(=O)C(C)(C)C(=O)Nc1ccc(C(C)(C)C)cc1. The number of carbonyl (C=O) groups is 2.